The fraction of sp³-hybridized carbons (Fsp3) is 0.793. The van der Waals surface area contributed by atoms with Gasteiger partial charge in [0.25, 0.3) is 0 Å². The lowest BCUT2D eigenvalue weighted by Gasteiger charge is -2.34. The molecule has 0 aliphatic heterocycles. The molecule has 0 heterocycles. The van der Waals surface area contributed by atoms with Gasteiger partial charge in [0.15, 0.2) is 0 Å². The van der Waals surface area contributed by atoms with Gasteiger partial charge in [0, 0.05) is 0 Å². The van der Waals surface area contributed by atoms with Gasteiger partial charge in [-0.15, -0.1) is 0 Å². The topological polar surface area (TPSA) is 0 Å². The van der Waals surface area contributed by atoms with Crippen LogP contribution in [0.3, 0.4) is 0 Å². The monoisotopic (exact) mass is 410 g/mol. The molecule has 0 aromatic heterocycles. The predicted octanol–water partition coefficient (Wildman–Crippen LogP) is 11.2. The van der Waals surface area contributed by atoms with Crippen molar-refractivity contribution in [2.24, 2.45) is 5.41 Å². The van der Waals surface area contributed by atoms with E-state index in [4.69, 9.17) is 0 Å². The van der Waals surface area contributed by atoms with Crippen LogP contribution in [0.15, 0.2) is 18.2 Å². The predicted molar refractivity (Wildman–Crippen MR) is 144 cm³/mol. The number of benzene rings is 1. The first kappa shape index (κ1) is 38.8. The van der Waals surface area contributed by atoms with Crippen LogP contribution in [0.1, 0.15) is 155 Å². The lowest BCUT2D eigenvalue weighted by molar-refractivity contribution is 0.302. The van der Waals surface area contributed by atoms with Gasteiger partial charge in [0.2, 0.25) is 0 Å². The molecule has 0 nitrogen and oxygen atoms in total. The second-order valence-electron chi connectivity index (χ2n) is 10.1. The van der Waals surface area contributed by atoms with Crippen molar-refractivity contribution in [2.75, 3.05) is 0 Å². The third-order valence-electron chi connectivity index (χ3n) is 4.71. The van der Waals surface area contributed by atoms with E-state index in [1.165, 1.54) is 29.5 Å². The third kappa shape index (κ3) is 13.2. The number of hydrogen-bond acceptors (Lipinski definition) is 0. The molecule has 0 N–H and O–H groups in total. The average Bonchev–Trinajstić information content (AvgIpc) is 2.53. The second kappa shape index (κ2) is 16.0. The largest absolute Gasteiger partial charge is 0.0776 e. The van der Waals surface area contributed by atoms with E-state index in [0.717, 1.165) is 0 Å². The molecule has 0 radical (unpaired) electrons. The minimum absolute atomic E-state index is 0. The summed E-state index contributed by atoms with van der Waals surface area (Å²) in [7, 11) is 0. The number of rotatable bonds is 3. The van der Waals surface area contributed by atoms with Crippen LogP contribution in [-0.2, 0) is 10.8 Å². The first-order valence-electron chi connectivity index (χ1n) is 10.9. The van der Waals surface area contributed by atoms with Gasteiger partial charge in [0.05, 0.1) is 0 Å². The number of hydrogen-bond donors (Lipinski definition) is 0. The molecule has 1 atom stereocenters. The zero-order valence-corrected chi connectivity index (χ0v) is 20.7. The van der Waals surface area contributed by atoms with E-state index in [0.29, 0.717) is 11.3 Å². The normalized spacial score (nSPS) is 11.8. The van der Waals surface area contributed by atoms with Gasteiger partial charge >= 0.3 is 0 Å². The minimum Gasteiger partial charge on any atom is -0.0776 e. The van der Waals surface area contributed by atoms with Crippen molar-refractivity contribution >= 4 is 0 Å². The highest BCUT2D eigenvalue weighted by Crippen LogP contribution is 2.41. The van der Waals surface area contributed by atoms with Gasteiger partial charge in [-0.05, 0) is 45.3 Å². The summed E-state index contributed by atoms with van der Waals surface area (Å²) in [5.74, 6) is 0.626. The van der Waals surface area contributed by atoms with Crippen LogP contribution in [0.25, 0.3) is 0 Å². The van der Waals surface area contributed by atoms with E-state index < -0.39 is 0 Å². The molecule has 0 fully saturated rings. The van der Waals surface area contributed by atoms with Crippen LogP contribution < -0.4 is 0 Å². The second-order valence-corrected chi connectivity index (χ2v) is 10.1. The Morgan fingerprint density at radius 3 is 1.14 bits per heavy atom. The van der Waals surface area contributed by atoms with Crippen molar-refractivity contribution in [3.05, 3.63) is 34.9 Å². The Balaban J connectivity index is -0.000000257. The highest BCUT2D eigenvalue weighted by Gasteiger charge is 2.28. The molecule has 0 saturated heterocycles. The van der Waals surface area contributed by atoms with Crippen LogP contribution >= 0.6 is 0 Å². The van der Waals surface area contributed by atoms with Gasteiger partial charge in [-0.3, -0.25) is 0 Å². The van der Waals surface area contributed by atoms with Crippen molar-refractivity contribution in [3.63, 3.8) is 0 Å². The van der Waals surface area contributed by atoms with Crippen LogP contribution in [0, 0.1) is 5.41 Å². The van der Waals surface area contributed by atoms with Crippen LogP contribution in [0.2, 0.25) is 0 Å². The summed E-state index contributed by atoms with van der Waals surface area (Å²) < 4.78 is 0. The summed E-state index contributed by atoms with van der Waals surface area (Å²) >= 11 is 0. The Bertz CT molecular complexity index is 454. The maximum absolute atomic E-state index is 2.47. The standard InChI is InChI=1S/C22H38.2C2H6.3CH4/c1-11-12-19(22(8,9)10)16-13-17(20(2,3)4)15-18(14-16)21(5,6)7;2*1-2;;;/h13-15,19H,11-12H2,1-10H3;2*1-2H3;3*1H4. The van der Waals surface area contributed by atoms with Gasteiger partial charge in [-0.25, -0.2) is 0 Å². The minimum atomic E-state index is 0. The maximum Gasteiger partial charge on any atom is -0.0113 e. The Morgan fingerprint density at radius 2 is 0.931 bits per heavy atom. The molecule has 178 valence electrons. The fourth-order valence-corrected chi connectivity index (χ4v) is 3.11. The summed E-state index contributed by atoms with van der Waals surface area (Å²) in [5.41, 5.74) is 5.18. The molecular weight excluding hydrogens is 348 g/mol. The van der Waals surface area contributed by atoms with Gasteiger partial charge in [0.1, 0.15) is 0 Å². The van der Waals surface area contributed by atoms with Crippen LogP contribution in [-0.4, -0.2) is 0 Å². The first-order valence-corrected chi connectivity index (χ1v) is 10.9. The molecule has 0 bridgehead atoms. The molecule has 0 spiro atoms. The van der Waals surface area contributed by atoms with Crippen LogP contribution in [0.5, 0.6) is 0 Å². The van der Waals surface area contributed by atoms with E-state index >= 15 is 0 Å². The van der Waals surface area contributed by atoms with Gasteiger partial charge in [-0.2, -0.15) is 0 Å². The quantitative estimate of drug-likeness (QED) is 0.464. The maximum atomic E-state index is 2.47. The van der Waals surface area contributed by atoms with E-state index in [9.17, 15) is 0 Å². The highest BCUT2D eigenvalue weighted by atomic mass is 14.3. The lowest BCUT2D eigenvalue weighted by atomic mass is 9.71. The Hall–Kier alpha value is -0.780. The molecule has 0 saturated carbocycles. The van der Waals surface area contributed by atoms with Gasteiger partial charge < -0.3 is 0 Å². The summed E-state index contributed by atoms with van der Waals surface area (Å²) in [5, 5.41) is 0. The fourth-order valence-electron chi connectivity index (χ4n) is 3.11. The Morgan fingerprint density at radius 1 is 0.621 bits per heavy atom. The summed E-state index contributed by atoms with van der Waals surface area (Å²) in [6.45, 7) is 31.4. The molecule has 0 aliphatic carbocycles. The molecule has 1 rings (SSSR count). The van der Waals surface area contributed by atoms with E-state index in [1.807, 2.05) is 27.7 Å². The smallest absolute Gasteiger partial charge is 0.0113 e. The zero-order chi connectivity index (χ0) is 21.3. The van der Waals surface area contributed by atoms with E-state index in [-0.39, 0.29) is 33.1 Å². The summed E-state index contributed by atoms with van der Waals surface area (Å²) in [4.78, 5) is 0. The van der Waals surface area contributed by atoms with E-state index in [2.05, 4.69) is 87.4 Å². The van der Waals surface area contributed by atoms with Crippen molar-refractivity contribution in [2.45, 2.75) is 149 Å². The third-order valence-corrected chi connectivity index (χ3v) is 4.71. The molecule has 0 aliphatic rings. The Labute approximate surface area is 189 Å². The molecular formula is C29H62. The van der Waals surface area contributed by atoms with Crippen LogP contribution in [0.4, 0.5) is 0 Å². The zero-order valence-electron chi connectivity index (χ0n) is 20.7. The van der Waals surface area contributed by atoms with Crippen molar-refractivity contribution in [1.82, 2.24) is 0 Å². The molecule has 1 aromatic rings. The Kier molecular flexibility index (Phi) is 21.4. The highest BCUT2D eigenvalue weighted by molar-refractivity contribution is 5.39. The molecule has 29 heavy (non-hydrogen) atoms. The SMILES string of the molecule is C.C.C.CC.CC.CCCC(c1cc(C(C)(C)C)cc(C(C)(C)C)c1)C(C)(C)C. The summed E-state index contributed by atoms with van der Waals surface area (Å²) in [6.07, 6.45) is 2.51. The molecule has 1 unspecified atom stereocenters. The summed E-state index contributed by atoms with van der Waals surface area (Å²) in [6, 6.07) is 7.37. The average molecular weight is 411 g/mol. The molecule has 1 aromatic carbocycles. The first-order chi connectivity index (χ1) is 11.8. The van der Waals surface area contributed by atoms with Crippen molar-refractivity contribution < 1.29 is 0 Å². The van der Waals surface area contributed by atoms with Crippen molar-refractivity contribution in [1.29, 1.82) is 0 Å². The van der Waals surface area contributed by atoms with E-state index in [1.54, 1.807) is 0 Å². The molecule has 0 amide bonds. The van der Waals surface area contributed by atoms with Gasteiger partial charge in [-0.1, -0.05) is 144 Å². The van der Waals surface area contributed by atoms with Crippen molar-refractivity contribution in [3.8, 4) is 0 Å². The lowest BCUT2D eigenvalue weighted by Crippen LogP contribution is -2.22. The molecule has 0 heteroatoms.